The average molecular weight is 368 g/mol. The van der Waals surface area contributed by atoms with Crippen LogP contribution in [-0.2, 0) is 4.74 Å². The zero-order chi connectivity index (χ0) is 18.5. The highest BCUT2D eigenvalue weighted by Crippen LogP contribution is 2.26. The molecule has 1 atom stereocenters. The van der Waals surface area contributed by atoms with Crippen molar-refractivity contribution in [2.45, 2.75) is 31.8 Å². The van der Waals surface area contributed by atoms with Gasteiger partial charge >= 0.3 is 5.97 Å². The minimum Gasteiger partial charge on any atom is -0.449 e. The quantitative estimate of drug-likeness (QED) is 0.447. The normalized spacial score (nSPS) is 12.0. The fourth-order valence-corrected chi connectivity index (χ4v) is 3.20. The smallest absolute Gasteiger partial charge is 0.340 e. The summed E-state index contributed by atoms with van der Waals surface area (Å²) in [5.41, 5.74) is 2.53. The Morgan fingerprint density at radius 1 is 1.15 bits per heavy atom. The first kappa shape index (κ1) is 18.2. The molecule has 0 amide bonds. The van der Waals surface area contributed by atoms with Crippen molar-refractivity contribution >= 4 is 17.7 Å². The number of carbonyl (C=O) groups is 1. The molecule has 1 unspecified atom stereocenters. The summed E-state index contributed by atoms with van der Waals surface area (Å²) in [4.78, 5) is 13.4. The fraction of sp³-hybridized carbons (Fsp3) is 0.250. The Labute approximate surface area is 156 Å². The van der Waals surface area contributed by atoms with E-state index in [1.165, 1.54) is 0 Å². The van der Waals surface area contributed by atoms with Crippen LogP contribution in [0.2, 0.25) is 0 Å². The van der Waals surface area contributed by atoms with E-state index in [9.17, 15) is 4.79 Å². The molecule has 0 radical (unpaired) electrons. The molecule has 0 saturated heterocycles. The summed E-state index contributed by atoms with van der Waals surface area (Å²) < 4.78 is 11.2. The Morgan fingerprint density at radius 3 is 2.62 bits per heavy atom. The van der Waals surface area contributed by atoms with Crippen LogP contribution in [0.3, 0.4) is 0 Å². The lowest BCUT2D eigenvalue weighted by molar-refractivity contribution is 0.0276. The number of rotatable bonds is 6. The van der Waals surface area contributed by atoms with Crippen LogP contribution in [0.5, 0.6) is 0 Å². The molecular formula is C20H20N2O3S. The van der Waals surface area contributed by atoms with Gasteiger partial charge in [0.15, 0.2) is 6.10 Å². The van der Waals surface area contributed by atoms with Crippen molar-refractivity contribution in [3.63, 3.8) is 0 Å². The van der Waals surface area contributed by atoms with Gasteiger partial charge < -0.3 is 9.15 Å². The van der Waals surface area contributed by atoms with Gasteiger partial charge in [0.1, 0.15) is 0 Å². The van der Waals surface area contributed by atoms with Crippen LogP contribution < -0.4 is 0 Å². The molecule has 0 N–H and O–H groups in total. The maximum Gasteiger partial charge on any atom is 0.340 e. The summed E-state index contributed by atoms with van der Waals surface area (Å²) in [5, 5.41) is 8.07. The lowest BCUT2D eigenvalue weighted by Crippen LogP contribution is -2.10. The second-order valence-electron chi connectivity index (χ2n) is 5.79. The van der Waals surface area contributed by atoms with Gasteiger partial charge in [-0.15, -0.1) is 22.0 Å². The Morgan fingerprint density at radius 2 is 1.88 bits per heavy atom. The SMILES string of the molecule is CCSc1ccccc1C(=O)OC(C)c1nnc(-c2ccc(C)cc2)o1. The topological polar surface area (TPSA) is 65.2 Å². The third-order valence-electron chi connectivity index (χ3n) is 3.78. The second-order valence-corrected chi connectivity index (χ2v) is 7.09. The lowest BCUT2D eigenvalue weighted by atomic mass is 10.1. The van der Waals surface area contributed by atoms with Crippen LogP contribution in [-0.4, -0.2) is 21.9 Å². The van der Waals surface area contributed by atoms with Crippen LogP contribution in [0.1, 0.15) is 41.8 Å². The first-order valence-electron chi connectivity index (χ1n) is 8.41. The molecule has 0 aliphatic rings. The van der Waals surface area contributed by atoms with E-state index in [-0.39, 0.29) is 5.89 Å². The van der Waals surface area contributed by atoms with Crippen molar-refractivity contribution in [2.24, 2.45) is 0 Å². The molecule has 5 nitrogen and oxygen atoms in total. The molecule has 6 heteroatoms. The highest BCUT2D eigenvalue weighted by atomic mass is 32.2. The molecule has 0 spiro atoms. The minimum absolute atomic E-state index is 0.273. The van der Waals surface area contributed by atoms with E-state index in [1.54, 1.807) is 24.8 Å². The van der Waals surface area contributed by atoms with Gasteiger partial charge in [0.05, 0.1) is 5.56 Å². The Kier molecular flexibility index (Phi) is 5.73. The summed E-state index contributed by atoms with van der Waals surface area (Å²) in [6.45, 7) is 5.78. The predicted octanol–water partition coefficient (Wildman–Crippen LogP) is 5.08. The molecule has 2 aromatic carbocycles. The zero-order valence-corrected chi connectivity index (χ0v) is 15.7. The van der Waals surface area contributed by atoms with Crippen LogP contribution in [0.4, 0.5) is 0 Å². The monoisotopic (exact) mass is 368 g/mol. The van der Waals surface area contributed by atoms with Crippen molar-refractivity contribution in [3.05, 3.63) is 65.5 Å². The van der Waals surface area contributed by atoms with E-state index >= 15 is 0 Å². The Balaban J connectivity index is 1.73. The largest absolute Gasteiger partial charge is 0.449 e. The molecule has 26 heavy (non-hydrogen) atoms. The number of nitrogens with zero attached hydrogens (tertiary/aromatic N) is 2. The van der Waals surface area contributed by atoms with Crippen LogP contribution >= 0.6 is 11.8 Å². The molecule has 0 fully saturated rings. The third-order valence-corrected chi connectivity index (χ3v) is 4.73. The lowest BCUT2D eigenvalue weighted by Gasteiger charge is -2.11. The average Bonchev–Trinajstić information content (AvgIpc) is 3.13. The van der Waals surface area contributed by atoms with Gasteiger partial charge in [-0.25, -0.2) is 4.79 Å². The van der Waals surface area contributed by atoms with E-state index in [0.29, 0.717) is 11.5 Å². The molecule has 1 aromatic heterocycles. The van der Waals surface area contributed by atoms with Gasteiger partial charge in [0, 0.05) is 10.5 Å². The first-order chi connectivity index (χ1) is 12.6. The van der Waals surface area contributed by atoms with Crippen molar-refractivity contribution in [2.75, 3.05) is 5.75 Å². The van der Waals surface area contributed by atoms with Gasteiger partial charge in [0.25, 0.3) is 5.89 Å². The highest BCUT2D eigenvalue weighted by Gasteiger charge is 2.21. The van der Waals surface area contributed by atoms with Crippen LogP contribution in [0, 0.1) is 6.92 Å². The number of carbonyl (C=O) groups excluding carboxylic acids is 1. The van der Waals surface area contributed by atoms with Crippen molar-refractivity contribution in [3.8, 4) is 11.5 Å². The molecular weight excluding hydrogens is 348 g/mol. The fourth-order valence-electron chi connectivity index (χ4n) is 2.40. The van der Waals surface area contributed by atoms with Gasteiger partial charge in [0.2, 0.25) is 5.89 Å². The Bertz CT molecular complexity index is 890. The summed E-state index contributed by atoms with van der Waals surface area (Å²) in [7, 11) is 0. The first-order valence-corrected chi connectivity index (χ1v) is 9.40. The predicted molar refractivity (Wildman–Crippen MR) is 101 cm³/mol. The summed E-state index contributed by atoms with van der Waals surface area (Å²) in [5.74, 6) is 1.16. The molecule has 134 valence electrons. The standard InChI is InChI=1S/C20H20N2O3S/c1-4-26-17-8-6-5-7-16(17)20(23)24-14(3)18-21-22-19(25-18)15-11-9-13(2)10-12-15/h5-12,14H,4H2,1-3H3. The van der Waals surface area contributed by atoms with Crippen molar-refractivity contribution in [1.29, 1.82) is 0 Å². The number of hydrogen-bond acceptors (Lipinski definition) is 6. The maximum absolute atomic E-state index is 12.5. The minimum atomic E-state index is -0.631. The van der Waals surface area contributed by atoms with E-state index in [2.05, 4.69) is 10.2 Å². The summed E-state index contributed by atoms with van der Waals surface area (Å²) in [6, 6.07) is 15.2. The number of aromatic nitrogens is 2. The van der Waals surface area contributed by atoms with E-state index < -0.39 is 12.1 Å². The molecule has 0 saturated carbocycles. The van der Waals surface area contributed by atoms with Gasteiger partial charge in [-0.3, -0.25) is 0 Å². The Hall–Kier alpha value is -2.60. The second kappa shape index (κ2) is 8.19. The number of aryl methyl sites for hydroxylation is 1. The number of ether oxygens (including phenoxy) is 1. The number of benzene rings is 2. The van der Waals surface area contributed by atoms with Crippen molar-refractivity contribution < 1.29 is 13.9 Å². The maximum atomic E-state index is 12.5. The van der Waals surface area contributed by atoms with Gasteiger partial charge in [-0.1, -0.05) is 36.8 Å². The number of thioether (sulfide) groups is 1. The van der Waals surface area contributed by atoms with Crippen LogP contribution in [0.25, 0.3) is 11.5 Å². The van der Waals surface area contributed by atoms with Crippen molar-refractivity contribution in [1.82, 2.24) is 10.2 Å². The number of esters is 1. The van der Waals surface area contributed by atoms with E-state index in [4.69, 9.17) is 9.15 Å². The summed E-state index contributed by atoms with van der Waals surface area (Å²) in [6.07, 6.45) is -0.631. The number of hydrogen-bond donors (Lipinski definition) is 0. The van der Waals surface area contributed by atoms with Gasteiger partial charge in [-0.05, 0) is 43.9 Å². The molecule has 3 rings (SSSR count). The summed E-state index contributed by atoms with van der Waals surface area (Å²) >= 11 is 1.60. The molecule has 0 bridgehead atoms. The van der Waals surface area contributed by atoms with E-state index in [1.807, 2.05) is 56.3 Å². The van der Waals surface area contributed by atoms with Crippen LogP contribution in [0.15, 0.2) is 57.8 Å². The zero-order valence-electron chi connectivity index (χ0n) is 14.9. The molecule has 1 heterocycles. The third kappa shape index (κ3) is 4.14. The molecule has 3 aromatic rings. The van der Waals surface area contributed by atoms with Gasteiger partial charge in [-0.2, -0.15) is 0 Å². The highest BCUT2D eigenvalue weighted by molar-refractivity contribution is 7.99. The molecule has 0 aliphatic heterocycles. The molecule has 0 aliphatic carbocycles. The van der Waals surface area contributed by atoms with E-state index in [0.717, 1.165) is 21.8 Å².